The molecule has 51 heavy (non-hydrogen) atoms. The molecule has 0 N–H and O–H groups in total. The average molecular weight is 665 g/mol. The second-order valence-corrected chi connectivity index (χ2v) is 13.4. The molecule has 2 heterocycles. The smallest absolute Gasteiger partial charge is 0.361 e. The van der Waals surface area contributed by atoms with Crippen molar-refractivity contribution in [2.45, 2.75) is 0 Å². The molecule has 7 aromatic carbocycles. The first-order valence-electron chi connectivity index (χ1n) is 17.0. The molecule has 0 aliphatic heterocycles. The third kappa shape index (κ3) is 6.00. The summed E-state index contributed by atoms with van der Waals surface area (Å²) in [4.78, 5) is 5.22. The van der Waals surface area contributed by atoms with Crippen molar-refractivity contribution in [2.75, 3.05) is 0 Å². The maximum absolute atomic E-state index is 5.22. The van der Waals surface area contributed by atoms with E-state index in [1.54, 1.807) is 11.3 Å². The van der Waals surface area contributed by atoms with E-state index in [4.69, 9.17) is 4.98 Å². The summed E-state index contributed by atoms with van der Waals surface area (Å²) in [5, 5.41) is 3.27. The maximum atomic E-state index is 5.22. The van der Waals surface area contributed by atoms with Crippen LogP contribution in [-0.4, -0.2) is 16.3 Å². The molecule has 9 rings (SSSR count). The lowest BCUT2D eigenvalue weighted by Gasteiger charge is -2.12. The molecule has 0 fully saturated rings. The van der Waals surface area contributed by atoms with E-state index in [2.05, 4.69) is 143 Å². The van der Waals surface area contributed by atoms with Crippen molar-refractivity contribution in [3.8, 4) is 56.3 Å². The first kappa shape index (κ1) is 30.5. The first-order valence-corrected chi connectivity index (χ1v) is 17.8. The van der Waals surface area contributed by atoms with Crippen LogP contribution in [0.15, 0.2) is 176 Å². The predicted octanol–water partition coefficient (Wildman–Crippen LogP) is 11.4. The molecule has 0 radical (unpaired) electrons. The van der Waals surface area contributed by atoms with E-state index in [0.29, 0.717) is 0 Å². The Hall–Kier alpha value is -6.59. The third-order valence-corrected chi connectivity index (χ3v) is 10.2. The Bertz CT molecular complexity index is 2710. The molecular weight excluding hydrogens is 635 g/mol. The molecule has 9 aromatic rings. The van der Waals surface area contributed by atoms with Crippen molar-refractivity contribution in [3.05, 3.63) is 187 Å². The van der Waals surface area contributed by atoms with Crippen molar-refractivity contribution in [2.24, 2.45) is 0 Å². The van der Waals surface area contributed by atoms with Gasteiger partial charge in [0.05, 0.1) is 10.2 Å². The molecule has 0 aliphatic carbocycles. The summed E-state index contributed by atoms with van der Waals surface area (Å²) in [6.07, 6.45) is 0. The van der Waals surface area contributed by atoms with Crippen LogP contribution in [-0.2, 0) is 0 Å². The largest absolute Gasteiger partial charge is 0.434 e. The van der Waals surface area contributed by atoms with E-state index in [0.717, 1.165) is 70.4 Å². The fourth-order valence-corrected chi connectivity index (χ4v) is 7.70. The van der Waals surface area contributed by atoms with Crippen LogP contribution in [0.1, 0.15) is 11.1 Å². The van der Waals surface area contributed by atoms with Gasteiger partial charge in [0.1, 0.15) is 5.01 Å². The Morgan fingerprint density at radius 3 is 1.67 bits per heavy atom. The predicted molar refractivity (Wildman–Crippen MR) is 217 cm³/mol. The number of hydrogen-bond acceptors (Lipinski definition) is 2. The molecule has 0 spiro atoms. The van der Waals surface area contributed by atoms with Crippen LogP contribution >= 0.6 is 11.3 Å². The zero-order valence-electron chi connectivity index (χ0n) is 27.6. The summed E-state index contributed by atoms with van der Waals surface area (Å²) in [5.74, 6) is 14.2. The lowest BCUT2D eigenvalue weighted by molar-refractivity contribution is 1.35. The molecule has 4 heteroatoms. The number of hydrogen-bond donors (Lipinski definition) is 0. The van der Waals surface area contributed by atoms with Crippen LogP contribution in [0.4, 0.5) is 0 Å². The summed E-state index contributed by atoms with van der Waals surface area (Å²) in [6, 6.07) is 61.3. The summed E-state index contributed by atoms with van der Waals surface area (Å²) in [5.41, 5.74) is 10.8. The Labute approximate surface area is 301 Å². The van der Waals surface area contributed by atoms with Crippen molar-refractivity contribution < 1.29 is 0 Å². The van der Waals surface area contributed by atoms with Gasteiger partial charge in [-0.15, -0.1) is 23.0 Å². The fraction of sp³-hybridized carbons (Fsp3) is 0. The summed E-state index contributed by atoms with van der Waals surface area (Å²) >= 11 is 1.72. The number of para-hydroxylation sites is 1. The van der Waals surface area contributed by atoms with Crippen molar-refractivity contribution in [1.29, 1.82) is 0 Å². The minimum Gasteiger partial charge on any atom is -0.361 e. The van der Waals surface area contributed by atoms with Gasteiger partial charge in [-0.3, -0.25) is 0 Å². The number of rotatable bonds is 4. The quantitative estimate of drug-likeness (QED) is 0.135. The standard InChI is InChI=1S/C47H29BN2S/c1-5-15-34(16-6-1)27-29-48(30-28-35-17-7-2-8-18-35)50-44-26-25-38(36-19-9-3-10-20-36)31-40(44)41-32-39(37-21-11-4-12-22-37)33-42(46(41)50)47-49-43-23-13-14-24-45(43)51-47/h1-26,31-33H. The summed E-state index contributed by atoms with van der Waals surface area (Å²) in [6.45, 7) is -0.455. The molecule has 2 aromatic heterocycles. The molecule has 2 nitrogen and oxygen atoms in total. The lowest BCUT2D eigenvalue weighted by Crippen LogP contribution is -2.21. The zero-order chi connectivity index (χ0) is 34.0. The van der Waals surface area contributed by atoms with Gasteiger partial charge >= 0.3 is 6.85 Å². The number of thiazole rings is 1. The second-order valence-electron chi connectivity index (χ2n) is 12.4. The van der Waals surface area contributed by atoms with E-state index >= 15 is 0 Å². The molecule has 0 aliphatic rings. The minimum atomic E-state index is -0.455. The van der Waals surface area contributed by atoms with Gasteiger partial charge in [-0.2, -0.15) is 0 Å². The highest BCUT2D eigenvalue weighted by molar-refractivity contribution is 7.21. The topological polar surface area (TPSA) is 17.8 Å². The fourth-order valence-electron chi connectivity index (χ4n) is 6.72. The van der Waals surface area contributed by atoms with Crippen LogP contribution in [0.5, 0.6) is 0 Å². The van der Waals surface area contributed by atoms with E-state index in [-0.39, 0.29) is 0 Å². The van der Waals surface area contributed by atoms with Gasteiger partial charge in [-0.1, -0.05) is 127 Å². The molecule has 0 saturated heterocycles. The van der Waals surface area contributed by atoms with Gasteiger partial charge < -0.3 is 4.48 Å². The molecule has 0 bridgehead atoms. The maximum Gasteiger partial charge on any atom is 0.434 e. The Kier molecular flexibility index (Phi) is 7.99. The Morgan fingerprint density at radius 2 is 1.04 bits per heavy atom. The second kappa shape index (κ2) is 13.4. The van der Waals surface area contributed by atoms with Crippen LogP contribution in [0.25, 0.3) is 64.8 Å². The lowest BCUT2D eigenvalue weighted by atomic mass is 9.63. The SMILES string of the molecule is C(#Cc1ccccc1)B(C#Cc1ccccc1)n1c2ccc(-c3ccccc3)cc2c2cc(-c3ccccc3)cc(-c3nc4ccccc4s3)c21. The van der Waals surface area contributed by atoms with Gasteiger partial charge in [-0.05, 0) is 82.9 Å². The van der Waals surface area contributed by atoms with Gasteiger partial charge in [0, 0.05) is 38.5 Å². The molecule has 0 amide bonds. The van der Waals surface area contributed by atoms with Gasteiger partial charge in [0.2, 0.25) is 0 Å². The third-order valence-electron chi connectivity index (χ3n) is 9.15. The summed E-state index contributed by atoms with van der Waals surface area (Å²) in [7, 11) is 0. The average Bonchev–Trinajstić information content (AvgIpc) is 3.78. The first-order chi connectivity index (χ1) is 25.3. The monoisotopic (exact) mass is 664 g/mol. The minimum absolute atomic E-state index is 0.455. The van der Waals surface area contributed by atoms with E-state index in [1.165, 1.54) is 5.56 Å². The molecule has 0 saturated carbocycles. The molecular formula is C47H29BN2S. The van der Waals surface area contributed by atoms with Gasteiger partial charge in [-0.25, -0.2) is 4.98 Å². The van der Waals surface area contributed by atoms with Crippen LogP contribution in [0, 0.1) is 23.5 Å². The van der Waals surface area contributed by atoms with Gasteiger partial charge in [0.25, 0.3) is 0 Å². The van der Waals surface area contributed by atoms with Crippen LogP contribution in [0.2, 0.25) is 0 Å². The van der Waals surface area contributed by atoms with Crippen LogP contribution < -0.4 is 0 Å². The molecule has 236 valence electrons. The summed E-state index contributed by atoms with van der Waals surface area (Å²) < 4.78 is 3.51. The van der Waals surface area contributed by atoms with E-state index in [9.17, 15) is 0 Å². The van der Waals surface area contributed by atoms with Crippen LogP contribution in [0.3, 0.4) is 0 Å². The molecule has 0 unspecified atom stereocenters. The van der Waals surface area contributed by atoms with Crippen molar-refractivity contribution in [1.82, 2.24) is 9.46 Å². The Balaban J connectivity index is 1.40. The number of benzene rings is 7. The van der Waals surface area contributed by atoms with E-state index in [1.807, 2.05) is 60.7 Å². The zero-order valence-corrected chi connectivity index (χ0v) is 28.4. The van der Waals surface area contributed by atoms with Crippen molar-refractivity contribution in [3.63, 3.8) is 0 Å². The highest BCUT2D eigenvalue weighted by Gasteiger charge is 2.25. The normalized spacial score (nSPS) is 10.8. The number of fused-ring (bicyclic) bond motifs is 4. The number of aromatic nitrogens is 2. The highest BCUT2D eigenvalue weighted by atomic mass is 32.1. The van der Waals surface area contributed by atoms with Crippen molar-refractivity contribution >= 4 is 50.2 Å². The number of nitrogens with zero attached hydrogens (tertiary/aromatic N) is 2. The van der Waals surface area contributed by atoms with E-state index < -0.39 is 6.85 Å². The highest BCUT2D eigenvalue weighted by Crippen LogP contribution is 2.43. The van der Waals surface area contributed by atoms with Gasteiger partial charge in [0.15, 0.2) is 0 Å². The molecule has 0 atom stereocenters. The Morgan fingerprint density at radius 1 is 0.490 bits per heavy atom.